The van der Waals surface area contributed by atoms with E-state index >= 15 is 0 Å². The van der Waals surface area contributed by atoms with Crippen LogP contribution in [0.25, 0.3) is 5.76 Å². The van der Waals surface area contributed by atoms with Crippen LogP contribution in [0, 0.1) is 0 Å². The van der Waals surface area contributed by atoms with Crippen LogP contribution >= 0.6 is 0 Å². The summed E-state index contributed by atoms with van der Waals surface area (Å²) in [6.45, 7) is 4.06. The monoisotopic (exact) mass is 539 g/mol. The van der Waals surface area contributed by atoms with Crippen LogP contribution in [-0.2, 0) is 26.0 Å². The SMILES string of the molecule is CCc1ccc([C@H]2C(=C(O)c3cccc(S(=O)(=O)N4CCCCC4)c3)C(=O)C(=O)N2CCCN(C)C)cc1. The molecule has 2 heterocycles. The van der Waals surface area contributed by atoms with E-state index in [9.17, 15) is 23.1 Å². The summed E-state index contributed by atoms with van der Waals surface area (Å²) in [4.78, 5) is 30.1. The fourth-order valence-corrected chi connectivity index (χ4v) is 6.73. The Kier molecular flexibility index (Phi) is 8.70. The molecule has 1 N–H and O–H groups in total. The number of benzene rings is 2. The highest BCUT2D eigenvalue weighted by Gasteiger charge is 2.45. The van der Waals surface area contributed by atoms with Gasteiger partial charge in [0.2, 0.25) is 10.0 Å². The summed E-state index contributed by atoms with van der Waals surface area (Å²) in [5.41, 5.74) is 2.03. The lowest BCUT2D eigenvalue weighted by atomic mass is 9.94. The van der Waals surface area contributed by atoms with Crippen LogP contribution < -0.4 is 0 Å². The van der Waals surface area contributed by atoms with Gasteiger partial charge in [-0.25, -0.2) is 8.42 Å². The van der Waals surface area contributed by atoms with E-state index < -0.39 is 27.8 Å². The molecule has 2 aromatic carbocycles. The topological polar surface area (TPSA) is 98.2 Å². The predicted molar refractivity (Wildman–Crippen MR) is 147 cm³/mol. The summed E-state index contributed by atoms with van der Waals surface area (Å²) in [6.07, 6.45) is 4.13. The van der Waals surface area contributed by atoms with E-state index in [4.69, 9.17) is 0 Å². The molecule has 1 atom stereocenters. The quantitative estimate of drug-likeness (QED) is 0.296. The molecule has 2 aromatic rings. The number of hydrogen-bond donors (Lipinski definition) is 1. The number of carbonyl (C=O) groups is 2. The van der Waals surface area contributed by atoms with E-state index in [-0.39, 0.29) is 21.8 Å². The minimum atomic E-state index is -3.74. The molecule has 8 nitrogen and oxygen atoms in total. The average Bonchev–Trinajstić information content (AvgIpc) is 3.18. The third kappa shape index (κ3) is 5.70. The number of aliphatic hydroxyl groups excluding tert-OH is 1. The molecule has 0 aliphatic carbocycles. The van der Waals surface area contributed by atoms with E-state index in [1.165, 1.54) is 21.3 Å². The van der Waals surface area contributed by atoms with E-state index in [0.717, 1.165) is 43.4 Å². The van der Waals surface area contributed by atoms with Gasteiger partial charge in [-0.2, -0.15) is 4.31 Å². The Hall–Kier alpha value is -3.01. The Labute approximate surface area is 225 Å². The molecule has 1 amide bonds. The number of likely N-dealkylation sites (tertiary alicyclic amines) is 1. The fraction of sp³-hybridized carbons (Fsp3) is 0.448. The molecule has 2 fully saturated rings. The first-order valence-corrected chi connectivity index (χ1v) is 14.7. The zero-order valence-corrected chi connectivity index (χ0v) is 23.2. The molecule has 0 radical (unpaired) electrons. The van der Waals surface area contributed by atoms with Crippen molar-refractivity contribution in [3.63, 3.8) is 0 Å². The molecule has 0 unspecified atom stereocenters. The Morgan fingerprint density at radius 1 is 1.03 bits per heavy atom. The van der Waals surface area contributed by atoms with E-state index in [1.54, 1.807) is 12.1 Å². The summed E-state index contributed by atoms with van der Waals surface area (Å²) in [5.74, 6) is -1.79. The van der Waals surface area contributed by atoms with Crippen molar-refractivity contribution < 1.29 is 23.1 Å². The van der Waals surface area contributed by atoms with Gasteiger partial charge in [-0.05, 0) is 69.6 Å². The Bertz CT molecular complexity index is 1310. The number of piperidine rings is 1. The lowest BCUT2D eigenvalue weighted by molar-refractivity contribution is -0.139. The second kappa shape index (κ2) is 11.8. The number of carbonyl (C=O) groups excluding carboxylic acids is 2. The number of sulfonamides is 1. The van der Waals surface area contributed by atoms with Crippen LogP contribution in [0.15, 0.2) is 59.0 Å². The third-order valence-corrected chi connectivity index (χ3v) is 9.20. The van der Waals surface area contributed by atoms with Crippen molar-refractivity contribution >= 4 is 27.5 Å². The normalized spacial score (nSPS) is 20.4. The average molecular weight is 540 g/mol. The number of rotatable bonds is 9. The Morgan fingerprint density at radius 2 is 1.71 bits per heavy atom. The van der Waals surface area contributed by atoms with Gasteiger partial charge in [0.1, 0.15) is 5.76 Å². The molecule has 2 aliphatic rings. The zero-order chi connectivity index (χ0) is 27.4. The van der Waals surface area contributed by atoms with Crippen molar-refractivity contribution in [2.24, 2.45) is 0 Å². The highest BCUT2D eigenvalue weighted by molar-refractivity contribution is 7.89. The largest absolute Gasteiger partial charge is 0.507 e. The maximum Gasteiger partial charge on any atom is 0.295 e. The highest BCUT2D eigenvalue weighted by Crippen LogP contribution is 2.40. The lowest BCUT2D eigenvalue weighted by Gasteiger charge is -2.26. The molecular weight excluding hydrogens is 502 g/mol. The van der Waals surface area contributed by atoms with E-state index in [1.807, 2.05) is 50.2 Å². The summed E-state index contributed by atoms with van der Waals surface area (Å²) in [6, 6.07) is 13.0. The van der Waals surface area contributed by atoms with Gasteiger partial charge in [0, 0.05) is 25.2 Å². The summed E-state index contributed by atoms with van der Waals surface area (Å²) in [7, 11) is 0.151. The molecular formula is C29H37N3O5S. The van der Waals surface area contributed by atoms with Crippen molar-refractivity contribution in [3.8, 4) is 0 Å². The Morgan fingerprint density at radius 3 is 2.34 bits per heavy atom. The summed E-state index contributed by atoms with van der Waals surface area (Å²) >= 11 is 0. The van der Waals surface area contributed by atoms with Gasteiger partial charge < -0.3 is 14.9 Å². The number of aliphatic hydroxyl groups is 1. The maximum absolute atomic E-state index is 13.3. The lowest BCUT2D eigenvalue weighted by Crippen LogP contribution is -2.35. The van der Waals surface area contributed by atoms with Crippen LogP contribution in [0.1, 0.15) is 55.3 Å². The van der Waals surface area contributed by atoms with Gasteiger partial charge in [-0.15, -0.1) is 0 Å². The van der Waals surface area contributed by atoms with Crippen LogP contribution in [0.3, 0.4) is 0 Å². The first kappa shape index (κ1) is 28.0. The summed E-state index contributed by atoms with van der Waals surface area (Å²) in [5, 5.41) is 11.4. The second-order valence-corrected chi connectivity index (χ2v) is 12.2. The molecule has 38 heavy (non-hydrogen) atoms. The zero-order valence-electron chi connectivity index (χ0n) is 22.4. The minimum Gasteiger partial charge on any atom is -0.507 e. The molecule has 0 spiro atoms. The Balaban J connectivity index is 1.77. The first-order chi connectivity index (χ1) is 18.1. The number of nitrogens with zero attached hydrogens (tertiary/aromatic N) is 3. The number of ketones is 1. The smallest absolute Gasteiger partial charge is 0.295 e. The maximum atomic E-state index is 13.3. The molecule has 204 valence electrons. The number of Topliss-reactive ketones (excluding diaryl/α,β-unsaturated/α-hetero) is 1. The highest BCUT2D eigenvalue weighted by atomic mass is 32.2. The number of amides is 1. The van der Waals surface area contributed by atoms with Gasteiger partial charge in [-0.1, -0.05) is 49.7 Å². The summed E-state index contributed by atoms with van der Waals surface area (Å²) < 4.78 is 28.0. The fourth-order valence-electron chi connectivity index (χ4n) is 5.16. The van der Waals surface area contributed by atoms with Crippen molar-refractivity contribution in [1.82, 2.24) is 14.1 Å². The molecule has 9 heteroatoms. The van der Waals surface area contributed by atoms with Crippen LogP contribution in [-0.4, -0.2) is 79.6 Å². The van der Waals surface area contributed by atoms with Crippen LogP contribution in [0.4, 0.5) is 0 Å². The molecule has 2 saturated heterocycles. The molecule has 2 aliphatic heterocycles. The van der Waals surface area contributed by atoms with Crippen molar-refractivity contribution in [2.45, 2.75) is 50.0 Å². The number of hydrogen-bond acceptors (Lipinski definition) is 6. The second-order valence-electron chi connectivity index (χ2n) is 10.2. The van der Waals surface area contributed by atoms with E-state index in [2.05, 4.69) is 0 Å². The first-order valence-electron chi connectivity index (χ1n) is 13.3. The van der Waals surface area contributed by atoms with Crippen molar-refractivity contribution in [1.29, 1.82) is 0 Å². The van der Waals surface area contributed by atoms with Gasteiger partial charge in [0.25, 0.3) is 11.7 Å². The molecule has 0 saturated carbocycles. The third-order valence-electron chi connectivity index (χ3n) is 7.31. The van der Waals surface area contributed by atoms with E-state index in [0.29, 0.717) is 26.1 Å². The molecule has 0 bridgehead atoms. The van der Waals surface area contributed by atoms with Gasteiger partial charge in [0.15, 0.2) is 0 Å². The van der Waals surface area contributed by atoms with Crippen LogP contribution in [0.5, 0.6) is 0 Å². The number of aryl methyl sites for hydroxylation is 1. The standard InChI is InChI=1S/C29H37N3O5S/c1-4-21-12-14-22(15-13-21)26-25(28(34)29(35)32(26)19-9-16-30(2)3)27(33)23-10-8-11-24(20-23)38(36,37)31-17-6-5-7-18-31/h8,10-15,20,26,33H,4-7,9,16-19H2,1-3H3/t26-/m0/s1. The van der Waals surface area contributed by atoms with Gasteiger partial charge in [-0.3, -0.25) is 9.59 Å². The van der Waals surface area contributed by atoms with Crippen molar-refractivity contribution in [2.75, 3.05) is 40.3 Å². The predicted octanol–water partition coefficient (Wildman–Crippen LogP) is 3.80. The minimum absolute atomic E-state index is 0.0170. The molecule has 0 aromatic heterocycles. The van der Waals surface area contributed by atoms with Crippen LogP contribution in [0.2, 0.25) is 0 Å². The van der Waals surface area contributed by atoms with Gasteiger partial charge >= 0.3 is 0 Å². The van der Waals surface area contributed by atoms with Gasteiger partial charge in [0.05, 0.1) is 16.5 Å². The molecule has 4 rings (SSSR count). The van der Waals surface area contributed by atoms with Crippen molar-refractivity contribution in [3.05, 3.63) is 70.8 Å².